The summed E-state index contributed by atoms with van der Waals surface area (Å²) in [5.74, 6) is 1.27. The molecular formula is C59H68N6O10Si. The largest absolute Gasteiger partial charge is 0.497 e. The second-order valence-electron chi connectivity index (χ2n) is 20.7. The quantitative estimate of drug-likeness (QED) is 0.0479. The fraction of sp³-hybridized carbons (Fsp3) is 0.356. The summed E-state index contributed by atoms with van der Waals surface area (Å²) in [7, 11) is 1.98. The summed E-state index contributed by atoms with van der Waals surface area (Å²) in [4.78, 5) is 52.9. The average Bonchev–Trinajstić information content (AvgIpc) is 4.11. The van der Waals surface area contributed by atoms with Crippen LogP contribution >= 0.6 is 0 Å². The van der Waals surface area contributed by atoms with E-state index in [0.717, 1.165) is 27.1 Å². The van der Waals surface area contributed by atoms with Gasteiger partial charge in [-0.15, -0.1) is 0 Å². The van der Waals surface area contributed by atoms with Crippen LogP contribution in [0.25, 0.3) is 0 Å². The SMILES string of the molecule is COc1ccc(C(OC[C@H]2O[C@@H](n3cc(C)c(=O)[nH]c3=O)C[C@@H]2CN(C)OC[C@H]2O[C@@H](n3cc(C)c(N)nc3=O)C[C@@H]2O[Si](c2ccccc2)(c2ccccc2)C(C)(C)C)(c2ccccc2)c2ccc(OC)cc2)cc1. The van der Waals surface area contributed by atoms with Crippen molar-refractivity contribution in [1.82, 2.24) is 24.2 Å². The highest BCUT2D eigenvalue weighted by molar-refractivity contribution is 6.99. The number of nitrogen functional groups attached to an aromatic ring is 1. The van der Waals surface area contributed by atoms with E-state index >= 15 is 0 Å². The van der Waals surface area contributed by atoms with Gasteiger partial charge in [-0.05, 0) is 76.6 Å². The molecule has 17 heteroatoms. The summed E-state index contributed by atoms with van der Waals surface area (Å²) in [5, 5.41) is 3.62. The number of hydroxylamine groups is 2. The Hall–Kier alpha value is -6.96. The molecule has 2 aliphatic heterocycles. The number of rotatable bonds is 19. The fourth-order valence-corrected chi connectivity index (χ4v) is 15.6. The van der Waals surface area contributed by atoms with Crippen LogP contribution in [0.4, 0.5) is 5.82 Å². The standard InChI is InChI=1S/C59H68N6O10Si/c1-39-34-64(56(67)61-54(39)60)53-33-49(75-76(58(3,4)5,47-20-14-10-15-21-47)48-22-16-11-17-23-48)51(74-53)38-72-63(6)36-41-32-52(65-35-40(2)55(66)62-57(65)68)73-50(41)37-71-59(42-18-12-9-13-19-42,43-24-28-45(69-7)29-25-43)44-26-30-46(70-8)31-27-44/h9-31,34-35,41,49-53H,32-33,36-38H2,1-8H3,(H2,60,61,67)(H,62,66,68)/t41-,49+,50-,51-,52-,53-/m1/s1. The van der Waals surface area contributed by atoms with Crippen LogP contribution in [-0.2, 0) is 29.1 Å². The van der Waals surface area contributed by atoms with Gasteiger partial charge in [0.1, 0.15) is 41.5 Å². The summed E-state index contributed by atoms with van der Waals surface area (Å²) < 4.78 is 42.9. The molecule has 7 aromatic rings. The molecule has 0 unspecified atom stereocenters. The zero-order valence-electron chi connectivity index (χ0n) is 44.4. The third kappa shape index (κ3) is 10.9. The van der Waals surface area contributed by atoms with Crippen LogP contribution in [-0.4, -0.2) is 91.8 Å². The third-order valence-electron chi connectivity index (χ3n) is 14.8. The van der Waals surface area contributed by atoms with E-state index in [1.165, 1.54) is 9.13 Å². The van der Waals surface area contributed by atoms with Gasteiger partial charge in [0.2, 0.25) is 0 Å². The summed E-state index contributed by atoms with van der Waals surface area (Å²) in [5.41, 5.74) is 6.97. The van der Waals surface area contributed by atoms with Gasteiger partial charge in [0.05, 0.1) is 39.6 Å². The number of hydrogen-bond donors (Lipinski definition) is 2. The molecule has 76 heavy (non-hydrogen) atoms. The molecule has 2 aliphatic rings. The molecule has 0 bridgehead atoms. The van der Waals surface area contributed by atoms with Crippen molar-refractivity contribution >= 4 is 24.5 Å². The molecule has 0 amide bonds. The number of nitrogens with two attached hydrogens (primary N) is 1. The summed E-state index contributed by atoms with van der Waals surface area (Å²) >= 11 is 0. The molecule has 4 heterocycles. The lowest BCUT2D eigenvalue weighted by atomic mass is 9.80. The van der Waals surface area contributed by atoms with Gasteiger partial charge < -0.3 is 33.8 Å². The molecule has 2 aromatic heterocycles. The number of ether oxygens (including phenoxy) is 5. The van der Waals surface area contributed by atoms with E-state index in [1.807, 2.05) is 129 Å². The zero-order valence-corrected chi connectivity index (χ0v) is 45.4. The van der Waals surface area contributed by atoms with Crippen molar-refractivity contribution in [2.24, 2.45) is 5.92 Å². The number of nitrogens with zero attached hydrogens (tertiary/aromatic N) is 4. The van der Waals surface area contributed by atoms with Crippen molar-refractivity contribution < 1.29 is 32.9 Å². The minimum atomic E-state index is -3.14. The van der Waals surface area contributed by atoms with Crippen molar-refractivity contribution in [2.75, 3.05) is 46.8 Å². The normalized spacial score (nSPS) is 20.0. The van der Waals surface area contributed by atoms with E-state index in [0.29, 0.717) is 42.0 Å². The number of aromatic amines is 1. The van der Waals surface area contributed by atoms with Crippen LogP contribution < -0.4 is 42.5 Å². The van der Waals surface area contributed by atoms with E-state index in [2.05, 4.69) is 55.0 Å². The van der Waals surface area contributed by atoms with Gasteiger partial charge in [0.15, 0.2) is 0 Å². The van der Waals surface area contributed by atoms with Crippen LogP contribution in [0.1, 0.15) is 73.9 Å². The van der Waals surface area contributed by atoms with E-state index in [-0.39, 0.29) is 30.0 Å². The van der Waals surface area contributed by atoms with Crippen LogP contribution in [0, 0.1) is 19.8 Å². The van der Waals surface area contributed by atoms with E-state index in [1.54, 1.807) is 38.6 Å². The Morgan fingerprint density at radius 1 is 0.684 bits per heavy atom. The van der Waals surface area contributed by atoms with Gasteiger partial charge in [0.25, 0.3) is 13.9 Å². The number of methoxy groups -OCH3 is 2. The van der Waals surface area contributed by atoms with Crippen molar-refractivity contribution in [3.8, 4) is 11.5 Å². The molecule has 398 valence electrons. The lowest BCUT2D eigenvalue weighted by Crippen LogP contribution is -2.68. The maximum absolute atomic E-state index is 13.5. The predicted octanol–water partition coefficient (Wildman–Crippen LogP) is 7.02. The minimum Gasteiger partial charge on any atom is -0.497 e. The molecule has 6 atom stereocenters. The van der Waals surface area contributed by atoms with Gasteiger partial charge >= 0.3 is 11.4 Å². The lowest BCUT2D eigenvalue weighted by molar-refractivity contribution is -0.187. The first-order valence-corrected chi connectivity index (χ1v) is 27.5. The lowest BCUT2D eigenvalue weighted by Gasteiger charge is -2.45. The number of aryl methyl sites for hydroxylation is 2. The first kappa shape index (κ1) is 53.8. The second-order valence-corrected chi connectivity index (χ2v) is 25.0. The van der Waals surface area contributed by atoms with Crippen molar-refractivity contribution in [3.05, 3.63) is 211 Å². The Kier molecular flexibility index (Phi) is 16.1. The molecule has 0 radical (unpaired) electrons. The topological polar surface area (TPSA) is 184 Å². The molecule has 0 saturated carbocycles. The summed E-state index contributed by atoms with van der Waals surface area (Å²) in [6.07, 6.45) is 0.692. The number of hydrogen-bond acceptors (Lipinski definition) is 13. The molecule has 2 saturated heterocycles. The van der Waals surface area contributed by atoms with Crippen molar-refractivity contribution in [1.29, 1.82) is 0 Å². The molecule has 16 nitrogen and oxygen atoms in total. The summed E-state index contributed by atoms with van der Waals surface area (Å²) in [6.45, 7) is 10.6. The number of aromatic nitrogens is 4. The molecule has 0 spiro atoms. The van der Waals surface area contributed by atoms with Crippen LogP contribution in [0.15, 0.2) is 166 Å². The van der Waals surface area contributed by atoms with Crippen LogP contribution in [0.5, 0.6) is 11.5 Å². The van der Waals surface area contributed by atoms with E-state index < -0.39 is 61.6 Å². The molecule has 3 N–H and O–H groups in total. The van der Waals surface area contributed by atoms with Crippen LogP contribution in [0.2, 0.25) is 5.04 Å². The third-order valence-corrected chi connectivity index (χ3v) is 19.9. The monoisotopic (exact) mass is 1050 g/mol. The van der Waals surface area contributed by atoms with Gasteiger partial charge in [-0.1, -0.05) is 136 Å². The second kappa shape index (κ2) is 22.7. The molecule has 0 aliphatic carbocycles. The first-order chi connectivity index (χ1) is 36.5. The Morgan fingerprint density at radius 3 is 1.75 bits per heavy atom. The Balaban J connectivity index is 1.04. The molecule has 2 fully saturated rings. The molecule has 5 aromatic carbocycles. The van der Waals surface area contributed by atoms with Gasteiger partial charge in [-0.2, -0.15) is 10.0 Å². The average molecular weight is 1050 g/mol. The van der Waals surface area contributed by atoms with Gasteiger partial charge in [-0.25, -0.2) is 9.59 Å². The van der Waals surface area contributed by atoms with Crippen LogP contribution in [0.3, 0.4) is 0 Å². The smallest absolute Gasteiger partial charge is 0.351 e. The Morgan fingerprint density at radius 2 is 1.20 bits per heavy atom. The van der Waals surface area contributed by atoms with Gasteiger partial charge in [-0.3, -0.25) is 23.8 Å². The highest BCUT2D eigenvalue weighted by Gasteiger charge is 2.54. The number of nitrogens with one attached hydrogen (secondary N) is 1. The number of anilines is 1. The Labute approximate surface area is 444 Å². The van der Waals surface area contributed by atoms with Crippen molar-refractivity contribution in [3.63, 3.8) is 0 Å². The summed E-state index contributed by atoms with van der Waals surface area (Å²) in [6, 6.07) is 46.4. The first-order valence-electron chi connectivity index (χ1n) is 25.6. The number of H-pyrrole nitrogens is 1. The number of benzene rings is 5. The highest BCUT2D eigenvalue weighted by atomic mass is 28.4. The molecule has 9 rings (SSSR count). The van der Waals surface area contributed by atoms with Gasteiger partial charge in [0, 0.05) is 49.5 Å². The fourth-order valence-electron chi connectivity index (χ4n) is 10.8. The highest BCUT2D eigenvalue weighted by Crippen LogP contribution is 2.45. The maximum Gasteiger partial charge on any atom is 0.351 e. The van der Waals surface area contributed by atoms with E-state index in [4.69, 9.17) is 38.7 Å². The predicted molar refractivity (Wildman–Crippen MR) is 294 cm³/mol. The molecular weight excluding hydrogens is 981 g/mol. The zero-order chi connectivity index (χ0) is 53.8. The maximum atomic E-state index is 13.5. The van der Waals surface area contributed by atoms with Crippen molar-refractivity contribution in [2.45, 2.75) is 88.9 Å². The van der Waals surface area contributed by atoms with E-state index in [9.17, 15) is 14.4 Å². The Bertz CT molecular complexity index is 3150. The minimum absolute atomic E-state index is 0.0643.